The molecule has 0 aromatic heterocycles. The minimum Gasteiger partial charge on any atom is -0.484 e. The lowest BCUT2D eigenvalue weighted by Crippen LogP contribution is -2.51. The first-order valence-electron chi connectivity index (χ1n) is 14.1. The summed E-state index contributed by atoms with van der Waals surface area (Å²) in [7, 11) is -3.96. The van der Waals surface area contributed by atoms with Crippen LogP contribution >= 0.6 is 11.6 Å². The Labute approximate surface area is 266 Å². The molecule has 0 aliphatic carbocycles. The van der Waals surface area contributed by atoms with Gasteiger partial charge in [0, 0.05) is 36.8 Å². The van der Waals surface area contributed by atoms with Crippen molar-refractivity contribution < 1.29 is 32.2 Å². The van der Waals surface area contributed by atoms with Crippen LogP contribution in [0.15, 0.2) is 108 Å². The highest BCUT2D eigenvalue weighted by molar-refractivity contribution is 7.92. The van der Waals surface area contributed by atoms with Gasteiger partial charge in [-0.05, 0) is 78.2 Å². The van der Waals surface area contributed by atoms with E-state index in [1.807, 2.05) is 30.3 Å². The molecule has 0 spiro atoms. The van der Waals surface area contributed by atoms with Crippen molar-refractivity contribution in [2.75, 3.05) is 24.5 Å². The summed E-state index contributed by atoms with van der Waals surface area (Å²) < 4.78 is 46.8. The third kappa shape index (κ3) is 10.0. The molecule has 0 aliphatic heterocycles. The van der Waals surface area contributed by atoms with Gasteiger partial charge in [-0.2, -0.15) is 0 Å². The third-order valence-corrected chi connectivity index (χ3v) is 8.41. The number of anilines is 1. The van der Waals surface area contributed by atoms with Gasteiger partial charge in [0.25, 0.3) is 15.9 Å². The second-order valence-corrected chi connectivity index (χ2v) is 12.2. The van der Waals surface area contributed by atoms with E-state index in [9.17, 15) is 27.5 Å². The van der Waals surface area contributed by atoms with Crippen LogP contribution in [-0.2, 0) is 32.6 Å². The summed E-state index contributed by atoms with van der Waals surface area (Å²) in [5.41, 5.74) is 1.80. The number of amides is 2. The topological polar surface area (TPSA) is 125 Å². The molecule has 9 nitrogen and oxygen atoms in total. The molecule has 12 heteroatoms. The van der Waals surface area contributed by atoms with E-state index in [1.165, 1.54) is 41.3 Å². The Morgan fingerprint density at radius 3 is 2.20 bits per heavy atom. The van der Waals surface area contributed by atoms with Gasteiger partial charge in [-0.3, -0.25) is 14.3 Å². The second kappa shape index (κ2) is 16.0. The van der Waals surface area contributed by atoms with Gasteiger partial charge in [-0.15, -0.1) is 0 Å². The van der Waals surface area contributed by atoms with E-state index in [1.54, 1.807) is 24.3 Å². The van der Waals surface area contributed by atoms with Crippen LogP contribution in [0.4, 0.5) is 10.1 Å². The number of sulfonamides is 1. The fourth-order valence-corrected chi connectivity index (χ4v) is 5.61. The summed E-state index contributed by atoms with van der Waals surface area (Å²) in [5, 5.41) is 12.5. The smallest absolute Gasteiger partial charge is 0.261 e. The zero-order valence-electron chi connectivity index (χ0n) is 24.2. The Morgan fingerprint density at radius 2 is 1.56 bits per heavy atom. The number of nitrogens with one attached hydrogen (secondary N) is 2. The molecular formula is C33H33ClFN3O6S. The summed E-state index contributed by atoms with van der Waals surface area (Å²) in [4.78, 5) is 28.5. The number of hydrogen-bond acceptors (Lipinski definition) is 6. The molecule has 0 radical (unpaired) electrons. The van der Waals surface area contributed by atoms with Gasteiger partial charge in [0.05, 0.1) is 4.90 Å². The van der Waals surface area contributed by atoms with Crippen LogP contribution in [-0.4, -0.2) is 56.0 Å². The Kier molecular flexibility index (Phi) is 11.9. The first kappa shape index (κ1) is 33.4. The van der Waals surface area contributed by atoms with Crippen LogP contribution in [0, 0.1) is 5.82 Å². The lowest BCUT2D eigenvalue weighted by molar-refractivity contribution is -0.142. The van der Waals surface area contributed by atoms with Crippen molar-refractivity contribution in [3.05, 3.63) is 125 Å². The molecule has 0 saturated heterocycles. The van der Waals surface area contributed by atoms with Crippen LogP contribution in [0.1, 0.15) is 17.5 Å². The largest absolute Gasteiger partial charge is 0.484 e. The van der Waals surface area contributed by atoms with Crippen LogP contribution in [0.25, 0.3) is 0 Å². The highest BCUT2D eigenvalue weighted by Crippen LogP contribution is 2.21. The number of ether oxygens (including phenoxy) is 1. The van der Waals surface area contributed by atoms with E-state index in [-0.39, 0.29) is 48.4 Å². The average molecular weight is 654 g/mol. The van der Waals surface area contributed by atoms with Gasteiger partial charge >= 0.3 is 0 Å². The number of halogens is 2. The van der Waals surface area contributed by atoms with Gasteiger partial charge in [0.2, 0.25) is 5.91 Å². The van der Waals surface area contributed by atoms with E-state index < -0.39 is 34.4 Å². The van der Waals surface area contributed by atoms with E-state index in [2.05, 4.69) is 10.0 Å². The van der Waals surface area contributed by atoms with Gasteiger partial charge in [-0.1, -0.05) is 54.1 Å². The van der Waals surface area contributed by atoms with Crippen LogP contribution in [0.5, 0.6) is 5.75 Å². The molecule has 2 amide bonds. The monoisotopic (exact) mass is 653 g/mol. The van der Waals surface area contributed by atoms with Gasteiger partial charge in [0.1, 0.15) is 17.6 Å². The van der Waals surface area contributed by atoms with Crippen molar-refractivity contribution in [1.29, 1.82) is 0 Å². The van der Waals surface area contributed by atoms with Crippen molar-refractivity contribution >= 4 is 39.1 Å². The maximum absolute atomic E-state index is 13.7. The van der Waals surface area contributed by atoms with Crippen molar-refractivity contribution in [3.63, 3.8) is 0 Å². The summed E-state index contributed by atoms with van der Waals surface area (Å²) in [6.45, 7) is -0.183. The summed E-state index contributed by atoms with van der Waals surface area (Å²) >= 11 is 6.06. The molecule has 236 valence electrons. The summed E-state index contributed by atoms with van der Waals surface area (Å²) in [5.74, 6) is -1.10. The van der Waals surface area contributed by atoms with Crippen LogP contribution < -0.4 is 14.8 Å². The summed E-state index contributed by atoms with van der Waals surface area (Å²) in [6, 6.07) is 25.7. The number of rotatable bonds is 15. The van der Waals surface area contributed by atoms with Crippen molar-refractivity contribution in [1.82, 2.24) is 10.2 Å². The molecule has 0 heterocycles. The minimum absolute atomic E-state index is 0.0580. The predicted molar refractivity (Wildman–Crippen MR) is 170 cm³/mol. The maximum Gasteiger partial charge on any atom is 0.261 e. The fraction of sp³-hybridized carbons (Fsp3) is 0.212. The van der Waals surface area contributed by atoms with Gasteiger partial charge in [0.15, 0.2) is 6.61 Å². The number of benzene rings is 4. The molecule has 0 saturated carbocycles. The Balaban J connectivity index is 1.52. The first-order chi connectivity index (χ1) is 21.6. The Hall–Kier alpha value is -4.45. The molecule has 0 aliphatic rings. The van der Waals surface area contributed by atoms with Gasteiger partial charge in [-0.25, -0.2) is 12.8 Å². The molecule has 4 aromatic rings. The molecule has 0 unspecified atom stereocenters. The fourth-order valence-electron chi connectivity index (χ4n) is 4.42. The zero-order chi connectivity index (χ0) is 32.2. The third-order valence-electron chi connectivity index (χ3n) is 6.76. The standard InChI is InChI=1S/C33H33ClFN3O6S/c34-26-9-7-25(8-10-26)22-38(31(33(41)36-19-4-20-39)21-24-5-2-1-3-6-24)32(40)23-44-29-15-17-30(18-16-29)45(42,43)37-28-13-11-27(35)12-14-28/h1-3,5-18,31,37,39H,4,19-23H2,(H,36,41)/t31-/m1/s1. The highest BCUT2D eigenvalue weighted by atomic mass is 35.5. The lowest BCUT2D eigenvalue weighted by Gasteiger charge is -2.31. The number of nitrogens with zero attached hydrogens (tertiary/aromatic N) is 1. The molecule has 1 atom stereocenters. The van der Waals surface area contributed by atoms with Crippen molar-refractivity contribution in [2.45, 2.75) is 30.3 Å². The number of carbonyl (C=O) groups is 2. The first-order valence-corrected chi connectivity index (χ1v) is 16.0. The second-order valence-electron chi connectivity index (χ2n) is 10.1. The van der Waals surface area contributed by atoms with E-state index >= 15 is 0 Å². The summed E-state index contributed by atoms with van der Waals surface area (Å²) in [6.07, 6.45) is 0.599. The van der Waals surface area contributed by atoms with Gasteiger partial charge < -0.3 is 20.1 Å². The van der Waals surface area contributed by atoms with E-state index in [0.717, 1.165) is 23.3 Å². The number of carbonyl (C=O) groups excluding carboxylic acids is 2. The molecule has 45 heavy (non-hydrogen) atoms. The molecule has 0 bridgehead atoms. The SMILES string of the molecule is O=C(NCCCO)[C@@H](Cc1ccccc1)N(Cc1ccc(Cl)cc1)C(=O)COc1ccc(S(=O)(=O)Nc2ccc(F)cc2)cc1. The maximum atomic E-state index is 13.7. The predicted octanol–water partition coefficient (Wildman–Crippen LogP) is 4.80. The van der Waals surface area contributed by atoms with Crippen LogP contribution in [0.2, 0.25) is 5.02 Å². The lowest BCUT2D eigenvalue weighted by atomic mass is 10.0. The molecule has 3 N–H and O–H groups in total. The van der Waals surface area contributed by atoms with E-state index in [4.69, 9.17) is 16.3 Å². The number of hydrogen-bond donors (Lipinski definition) is 3. The highest BCUT2D eigenvalue weighted by Gasteiger charge is 2.30. The number of aliphatic hydroxyl groups is 1. The van der Waals surface area contributed by atoms with E-state index in [0.29, 0.717) is 11.4 Å². The van der Waals surface area contributed by atoms with Crippen molar-refractivity contribution in [3.8, 4) is 5.75 Å². The van der Waals surface area contributed by atoms with Crippen LogP contribution in [0.3, 0.4) is 0 Å². The molecule has 4 aromatic carbocycles. The molecule has 0 fully saturated rings. The Morgan fingerprint density at radius 1 is 0.889 bits per heavy atom. The molecular weight excluding hydrogens is 621 g/mol. The Bertz CT molecular complexity index is 1660. The molecule has 4 rings (SSSR count). The number of aliphatic hydroxyl groups excluding tert-OH is 1. The average Bonchev–Trinajstić information content (AvgIpc) is 3.04. The quantitative estimate of drug-likeness (QED) is 0.158. The van der Waals surface area contributed by atoms with Crippen molar-refractivity contribution in [2.24, 2.45) is 0 Å². The minimum atomic E-state index is -3.96. The zero-order valence-corrected chi connectivity index (χ0v) is 25.8. The normalized spacial score (nSPS) is 11.8.